The molecule has 196 valence electrons. The first kappa shape index (κ1) is 26.7. The molecule has 0 bridgehead atoms. The fourth-order valence-corrected chi connectivity index (χ4v) is 4.75. The SMILES string of the molecule is C/C=C\C(=C(/N)c1ccc2c(NCCc3ccccc3)nc(CN3CCCCC3C)nc2c1)C(F)(F)F. The van der Waals surface area contributed by atoms with E-state index in [0.29, 0.717) is 36.3 Å². The van der Waals surface area contributed by atoms with Crippen molar-refractivity contribution in [2.75, 3.05) is 18.4 Å². The molecule has 0 spiro atoms. The molecule has 5 nitrogen and oxygen atoms in total. The smallest absolute Gasteiger partial charge is 0.398 e. The van der Waals surface area contributed by atoms with Crippen molar-refractivity contribution in [1.82, 2.24) is 14.9 Å². The molecule has 1 aromatic heterocycles. The van der Waals surface area contributed by atoms with Crippen molar-refractivity contribution < 1.29 is 13.2 Å². The van der Waals surface area contributed by atoms with Gasteiger partial charge in [0.25, 0.3) is 0 Å². The monoisotopic (exact) mass is 509 g/mol. The highest BCUT2D eigenvalue weighted by molar-refractivity contribution is 5.91. The van der Waals surface area contributed by atoms with Crippen LogP contribution in [0, 0.1) is 0 Å². The number of anilines is 1. The fourth-order valence-electron chi connectivity index (χ4n) is 4.75. The Balaban J connectivity index is 1.71. The van der Waals surface area contributed by atoms with Gasteiger partial charge in [-0.3, -0.25) is 4.90 Å². The van der Waals surface area contributed by atoms with Gasteiger partial charge < -0.3 is 11.1 Å². The van der Waals surface area contributed by atoms with Crippen LogP contribution in [0.3, 0.4) is 0 Å². The second-order valence-corrected chi connectivity index (χ2v) is 9.52. The van der Waals surface area contributed by atoms with E-state index in [1.165, 1.54) is 25.0 Å². The largest absolute Gasteiger partial charge is 0.418 e. The lowest BCUT2D eigenvalue weighted by atomic mass is 10.0. The molecule has 1 atom stereocenters. The van der Waals surface area contributed by atoms with Gasteiger partial charge in [-0.15, -0.1) is 0 Å². The van der Waals surface area contributed by atoms with E-state index in [1.807, 2.05) is 18.2 Å². The van der Waals surface area contributed by atoms with Gasteiger partial charge in [0.15, 0.2) is 0 Å². The molecule has 37 heavy (non-hydrogen) atoms. The molecule has 3 aromatic rings. The molecule has 1 unspecified atom stereocenters. The molecular weight excluding hydrogens is 475 g/mol. The van der Waals surface area contributed by atoms with Crippen LogP contribution in [0.15, 0.2) is 66.3 Å². The van der Waals surface area contributed by atoms with Crippen LogP contribution < -0.4 is 11.1 Å². The van der Waals surface area contributed by atoms with Gasteiger partial charge in [0, 0.05) is 23.5 Å². The Morgan fingerprint density at radius 2 is 1.92 bits per heavy atom. The molecule has 1 aliphatic heterocycles. The standard InChI is InChI=1S/C29H34F3N5/c1-3-9-24(29(30,31)32)27(33)22-13-14-23-25(18-22)35-26(19-37-17-8-7-10-20(37)2)36-28(23)34-16-15-21-11-5-4-6-12-21/h3-6,9,11-14,18,20H,7-8,10,15-17,19,33H2,1-2H3,(H,34,35,36)/b9-3-,27-24+. The number of hydrogen-bond donors (Lipinski definition) is 2. The van der Waals surface area contributed by atoms with Crippen LogP contribution in [-0.4, -0.2) is 40.2 Å². The number of likely N-dealkylation sites (tertiary alicyclic amines) is 1. The van der Waals surface area contributed by atoms with Gasteiger partial charge in [-0.25, -0.2) is 9.97 Å². The van der Waals surface area contributed by atoms with E-state index < -0.39 is 11.7 Å². The highest BCUT2D eigenvalue weighted by Crippen LogP contribution is 2.33. The van der Waals surface area contributed by atoms with E-state index in [2.05, 4.69) is 29.3 Å². The summed E-state index contributed by atoms with van der Waals surface area (Å²) in [6.45, 7) is 5.98. The molecule has 0 aliphatic carbocycles. The van der Waals surface area contributed by atoms with E-state index in [0.717, 1.165) is 37.3 Å². The summed E-state index contributed by atoms with van der Waals surface area (Å²) in [4.78, 5) is 12.0. The quantitative estimate of drug-likeness (QED) is 0.341. The minimum absolute atomic E-state index is 0.282. The normalized spacial score (nSPS) is 17.8. The Hall–Kier alpha value is -3.39. The summed E-state index contributed by atoms with van der Waals surface area (Å²) in [7, 11) is 0. The number of alkyl halides is 3. The lowest BCUT2D eigenvalue weighted by Crippen LogP contribution is -2.37. The predicted molar refractivity (Wildman–Crippen MR) is 144 cm³/mol. The summed E-state index contributed by atoms with van der Waals surface area (Å²) < 4.78 is 40.9. The first-order chi connectivity index (χ1) is 17.8. The average Bonchev–Trinajstić information content (AvgIpc) is 2.88. The van der Waals surface area contributed by atoms with Gasteiger partial charge in [0.2, 0.25) is 0 Å². The van der Waals surface area contributed by atoms with Crippen molar-refractivity contribution in [3.8, 4) is 0 Å². The highest BCUT2D eigenvalue weighted by Gasteiger charge is 2.34. The number of piperidine rings is 1. The molecule has 0 radical (unpaired) electrons. The van der Waals surface area contributed by atoms with Crippen molar-refractivity contribution in [3.63, 3.8) is 0 Å². The molecule has 2 heterocycles. The maximum atomic E-state index is 13.6. The second-order valence-electron chi connectivity index (χ2n) is 9.52. The summed E-state index contributed by atoms with van der Waals surface area (Å²) >= 11 is 0. The molecule has 0 amide bonds. The predicted octanol–water partition coefficient (Wildman–Crippen LogP) is 6.47. The number of nitrogens with one attached hydrogen (secondary N) is 1. The minimum Gasteiger partial charge on any atom is -0.398 e. The number of halogens is 3. The Bertz CT molecular complexity index is 1270. The third-order valence-electron chi connectivity index (χ3n) is 6.82. The van der Waals surface area contributed by atoms with E-state index in [9.17, 15) is 13.2 Å². The average molecular weight is 510 g/mol. The molecular formula is C29H34F3N5. The molecule has 2 aromatic carbocycles. The van der Waals surface area contributed by atoms with Gasteiger partial charge in [0.1, 0.15) is 11.6 Å². The van der Waals surface area contributed by atoms with Gasteiger partial charge >= 0.3 is 6.18 Å². The maximum Gasteiger partial charge on any atom is 0.418 e. The second kappa shape index (κ2) is 11.8. The van der Waals surface area contributed by atoms with Crippen LogP contribution in [0.25, 0.3) is 16.6 Å². The van der Waals surface area contributed by atoms with E-state index in [-0.39, 0.29) is 11.3 Å². The number of hydrogen-bond acceptors (Lipinski definition) is 5. The zero-order chi connectivity index (χ0) is 26.4. The van der Waals surface area contributed by atoms with Gasteiger partial charge in [-0.05, 0) is 57.4 Å². The molecule has 1 fully saturated rings. The molecule has 1 aliphatic rings. The summed E-state index contributed by atoms with van der Waals surface area (Å²) in [5.74, 6) is 1.33. The number of nitrogens with zero attached hydrogens (tertiary/aromatic N) is 3. The maximum absolute atomic E-state index is 13.6. The van der Waals surface area contributed by atoms with Gasteiger partial charge in [-0.2, -0.15) is 13.2 Å². The van der Waals surface area contributed by atoms with E-state index >= 15 is 0 Å². The fraction of sp³-hybridized carbons (Fsp3) is 0.379. The number of benzene rings is 2. The number of nitrogens with two attached hydrogens (primary N) is 1. The first-order valence-corrected chi connectivity index (χ1v) is 12.8. The third kappa shape index (κ3) is 6.68. The minimum atomic E-state index is -4.56. The topological polar surface area (TPSA) is 67.1 Å². The molecule has 4 rings (SSSR count). The highest BCUT2D eigenvalue weighted by atomic mass is 19.4. The van der Waals surface area contributed by atoms with Crippen LogP contribution in [0.5, 0.6) is 0 Å². The Kier molecular flexibility index (Phi) is 8.48. The van der Waals surface area contributed by atoms with E-state index in [4.69, 9.17) is 15.7 Å². The van der Waals surface area contributed by atoms with Crippen LogP contribution in [-0.2, 0) is 13.0 Å². The summed E-state index contributed by atoms with van der Waals surface area (Å²) in [5, 5.41) is 4.19. The Labute approximate surface area is 216 Å². The zero-order valence-electron chi connectivity index (χ0n) is 21.4. The molecule has 0 saturated carbocycles. The molecule has 3 N–H and O–H groups in total. The molecule has 1 saturated heterocycles. The number of allylic oxidation sites excluding steroid dienone is 3. The third-order valence-corrected chi connectivity index (χ3v) is 6.82. The summed E-state index contributed by atoms with van der Waals surface area (Å²) in [5.41, 5.74) is 6.90. The van der Waals surface area contributed by atoms with E-state index in [1.54, 1.807) is 18.2 Å². The Morgan fingerprint density at radius 1 is 1.14 bits per heavy atom. The van der Waals surface area contributed by atoms with Crippen molar-refractivity contribution in [2.24, 2.45) is 5.73 Å². The van der Waals surface area contributed by atoms with Crippen molar-refractivity contribution in [3.05, 3.63) is 83.2 Å². The van der Waals surface area contributed by atoms with Crippen molar-refractivity contribution >= 4 is 22.4 Å². The lowest BCUT2D eigenvalue weighted by Gasteiger charge is -2.32. The summed E-state index contributed by atoms with van der Waals surface area (Å²) in [6.07, 6.45) is 2.08. The Morgan fingerprint density at radius 3 is 2.62 bits per heavy atom. The number of fused-ring (bicyclic) bond motifs is 1. The lowest BCUT2D eigenvalue weighted by molar-refractivity contribution is -0.0877. The first-order valence-electron chi connectivity index (χ1n) is 12.8. The number of rotatable bonds is 8. The number of aromatic nitrogens is 2. The van der Waals surface area contributed by atoms with Crippen molar-refractivity contribution in [2.45, 2.75) is 58.3 Å². The van der Waals surface area contributed by atoms with Gasteiger partial charge in [0.05, 0.1) is 23.3 Å². The van der Waals surface area contributed by atoms with Crippen molar-refractivity contribution in [1.29, 1.82) is 0 Å². The van der Waals surface area contributed by atoms with Gasteiger partial charge in [-0.1, -0.05) is 55.0 Å². The van der Waals surface area contributed by atoms with Crippen LogP contribution in [0.1, 0.15) is 50.1 Å². The summed E-state index contributed by atoms with van der Waals surface area (Å²) in [6, 6.07) is 15.6. The van der Waals surface area contributed by atoms with Crippen LogP contribution >= 0.6 is 0 Å². The van der Waals surface area contributed by atoms with Crippen LogP contribution in [0.4, 0.5) is 19.0 Å². The molecule has 8 heteroatoms. The zero-order valence-corrected chi connectivity index (χ0v) is 21.4. The van der Waals surface area contributed by atoms with Crippen LogP contribution in [0.2, 0.25) is 0 Å².